The van der Waals surface area contributed by atoms with E-state index in [0.717, 1.165) is 3.49 Å². The molecule has 0 spiro atoms. The molecule has 0 saturated carbocycles. The van der Waals surface area contributed by atoms with Gasteiger partial charge in [0.25, 0.3) is 0 Å². The molecule has 1 saturated heterocycles. The minimum absolute atomic E-state index is 0.134. The third kappa shape index (κ3) is 3.84. The molecule has 2 radical (unpaired) electrons. The monoisotopic (exact) mass is 435 g/mol. The van der Waals surface area contributed by atoms with Crippen LogP contribution in [0.15, 0.2) is 18.2 Å². The van der Waals surface area contributed by atoms with E-state index in [1.165, 1.54) is 13.0 Å². The van der Waals surface area contributed by atoms with E-state index in [9.17, 15) is 0 Å². The third-order valence-corrected chi connectivity index (χ3v) is 29.8. The summed E-state index contributed by atoms with van der Waals surface area (Å²) in [5, 5.41) is 0. The maximum atomic E-state index is 2.92. The molecule has 1 heterocycles. The fourth-order valence-corrected chi connectivity index (χ4v) is 24.5. The Labute approximate surface area is 165 Å². The van der Waals surface area contributed by atoms with Crippen molar-refractivity contribution in [3.05, 3.63) is 29.3 Å². The Kier molecular flexibility index (Phi) is 6.13. The fourth-order valence-electron chi connectivity index (χ4n) is 4.82. The molecule has 2 rings (SSSR count). The first-order valence-electron chi connectivity index (χ1n) is 10.00. The molecule has 1 aliphatic heterocycles. The van der Waals surface area contributed by atoms with Crippen LogP contribution in [0.4, 0.5) is 5.69 Å². The summed E-state index contributed by atoms with van der Waals surface area (Å²) in [5.41, 5.74) is 4.79. The number of anilines is 1. The van der Waals surface area contributed by atoms with Crippen LogP contribution in [0, 0.1) is 0 Å². The van der Waals surface area contributed by atoms with Crippen LogP contribution in [0.1, 0.15) is 57.1 Å². The molecule has 0 atom stereocenters. The molecule has 4 heteroatoms. The number of hydrogen-bond donors (Lipinski definition) is 0. The van der Waals surface area contributed by atoms with E-state index in [4.69, 9.17) is 0 Å². The second kappa shape index (κ2) is 7.20. The van der Waals surface area contributed by atoms with Crippen molar-refractivity contribution in [1.29, 1.82) is 0 Å². The van der Waals surface area contributed by atoms with Gasteiger partial charge in [-0.1, -0.05) is 0 Å². The molecule has 1 fully saturated rings. The molecule has 1 aromatic carbocycles. The van der Waals surface area contributed by atoms with Gasteiger partial charge >= 0.3 is 166 Å². The van der Waals surface area contributed by atoms with Gasteiger partial charge in [-0.2, -0.15) is 0 Å². The summed E-state index contributed by atoms with van der Waals surface area (Å²) in [4.78, 5) is 0. The molecule has 0 aromatic heterocycles. The molecule has 25 heavy (non-hydrogen) atoms. The van der Waals surface area contributed by atoms with E-state index in [-0.39, 0.29) is 15.7 Å². The number of nitrogens with zero attached hydrogens (tertiary/aromatic N) is 1. The van der Waals surface area contributed by atoms with Crippen molar-refractivity contribution in [2.45, 2.75) is 88.7 Å². The average Bonchev–Trinajstić information content (AvgIpc) is 2.91. The van der Waals surface area contributed by atoms with Gasteiger partial charge in [-0.25, -0.2) is 0 Å². The molecular weight excluding hydrogens is 395 g/mol. The van der Waals surface area contributed by atoms with Crippen molar-refractivity contribution in [2.75, 3.05) is 10.4 Å². The number of benzene rings is 1. The van der Waals surface area contributed by atoms with Crippen LogP contribution < -0.4 is 3.86 Å². The predicted molar refractivity (Wildman–Crippen MR) is 122 cm³/mol. The van der Waals surface area contributed by atoms with Gasteiger partial charge < -0.3 is 0 Å². The van der Waals surface area contributed by atoms with Crippen LogP contribution in [-0.2, 0) is 0 Å². The van der Waals surface area contributed by atoms with Gasteiger partial charge in [-0.05, 0) is 0 Å². The molecule has 0 aliphatic carbocycles. The summed E-state index contributed by atoms with van der Waals surface area (Å²) >= 11 is -0.134. The first kappa shape index (κ1) is 21.3. The van der Waals surface area contributed by atoms with Crippen molar-refractivity contribution in [1.82, 2.24) is 0 Å². The molecule has 0 unspecified atom stereocenters. The van der Waals surface area contributed by atoms with Gasteiger partial charge in [0.05, 0.1) is 0 Å². The second-order valence-electron chi connectivity index (χ2n) is 10.5. The van der Waals surface area contributed by atoms with Crippen molar-refractivity contribution in [3.8, 4) is 0 Å². The van der Waals surface area contributed by atoms with E-state index in [1.807, 2.05) is 0 Å². The summed E-state index contributed by atoms with van der Waals surface area (Å²) in [6, 6.07) is 7.07. The zero-order valence-electron chi connectivity index (χ0n) is 18.2. The van der Waals surface area contributed by atoms with Crippen molar-refractivity contribution < 1.29 is 0 Å². The van der Waals surface area contributed by atoms with Gasteiger partial charge in [0.15, 0.2) is 0 Å². The SMILES string of the molecule is CC(C)c1cccc(C(C)C)c1[N]1CC[C]([Si](C)(C)C)([Si](C)(C)C)[Ge]1. The third-order valence-electron chi connectivity index (χ3n) is 6.21. The van der Waals surface area contributed by atoms with Gasteiger partial charge in [0.2, 0.25) is 0 Å². The first-order valence-corrected chi connectivity index (χ1v) is 19.0. The molecule has 140 valence electrons. The summed E-state index contributed by atoms with van der Waals surface area (Å²) in [7, 11) is -2.40. The Morgan fingerprint density at radius 1 is 0.880 bits per heavy atom. The van der Waals surface area contributed by atoms with E-state index >= 15 is 0 Å². The van der Waals surface area contributed by atoms with E-state index in [2.05, 4.69) is 89.0 Å². The molecular formula is C21H39GeNSi2. The Morgan fingerprint density at radius 2 is 1.32 bits per heavy atom. The standard InChI is InChI=1S/C21H39GeNSi2/c1-16(2)18-12-11-13-19(17(3)4)20(18)23-15-14-21(22-23,24(5,6)7)25(8,9)10/h11-13,16-17H,14-15H2,1-10H3. The quantitative estimate of drug-likeness (QED) is 0.468. The van der Waals surface area contributed by atoms with Crippen molar-refractivity contribution in [2.24, 2.45) is 0 Å². The van der Waals surface area contributed by atoms with E-state index in [1.54, 1.807) is 16.8 Å². The van der Waals surface area contributed by atoms with Gasteiger partial charge in [0.1, 0.15) is 0 Å². The zero-order valence-corrected chi connectivity index (χ0v) is 22.3. The van der Waals surface area contributed by atoms with Crippen LogP contribution >= 0.6 is 0 Å². The molecule has 1 aliphatic rings. The Morgan fingerprint density at radius 3 is 1.64 bits per heavy atom. The Bertz CT molecular complexity index is 571. The Balaban J connectivity index is 2.56. The van der Waals surface area contributed by atoms with Gasteiger partial charge in [0, 0.05) is 0 Å². The second-order valence-corrected chi connectivity index (χ2v) is 27.2. The number of rotatable bonds is 5. The average molecular weight is 434 g/mol. The van der Waals surface area contributed by atoms with Crippen LogP contribution in [0.25, 0.3) is 0 Å². The fraction of sp³-hybridized carbons (Fsp3) is 0.714. The van der Waals surface area contributed by atoms with Gasteiger partial charge in [-0.15, -0.1) is 0 Å². The molecule has 0 N–H and O–H groups in total. The van der Waals surface area contributed by atoms with E-state index in [0.29, 0.717) is 11.8 Å². The number of para-hydroxylation sites is 1. The van der Waals surface area contributed by atoms with Crippen LogP contribution in [0.5, 0.6) is 0 Å². The van der Waals surface area contributed by atoms with Gasteiger partial charge in [-0.3, -0.25) is 0 Å². The summed E-state index contributed by atoms with van der Waals surface area (Å²) in [6.07, 6.45) is 1.46. The van der Waals surface area contributed by atoms with E-state index < -0.39 is 16.1 Å². The molecule has 1 nitrogen and oxygen atoms in total. The molecule has 0 amide bonds. The van der Waals surface area contributed by atoms with Crippen molar-refractivity contribution >= 4 is 37.5 Å². The normalized spacial score (nSPS) is 18.5. The van der Waals surface area contributed by atoms with Crippen LogP contribution in [0.2, 0.25) is 42.8 Å². The first-order chi connectivity index (χ1) is 11.3. The molecule has 1 aromatic rings. The topological polar surface area (TPSA) is 3.24 Å². The van der Waals surface area contributed by atoms with Crippen LogP contribution in [-0.4, -0.2) is 38.3 Å². The van der Waals surface area contributed by atoms with Crippen molar-refractivity contribution in [3.63, 3.8) is 0 Å². The summed E-state index contributed by atoms with van der Waals surface area (Å²) < 4.78 is 3.65. The maximum absolute atomic E-state index is 2.92. The summed E-state index contributed by atoms with van der Waals surface area (Å²) in [6.45, 7) is 26.7. The zero-order chi connectivity index (χ0) is 19.2. The molecule has 0 bridgehead atoms. The number of hydrogen-bond acceptors (Lipinski definition) is 1. The summed E-state index contributed by atoms with van der Waals surface area (Å²) in [5.74, 6) is 1.21. The minimum atomic E-state index is -1.20. The predicted octanol–water partition coefficient (Wildman–Crippen LogP) is 6.68. The van der Waals surface area contributed by atoms with Crippen LogP contribution in [0.3, 0.4) is 0 Å². The Hall–Kier alpha value is -0.00338.